The van der Waals surface area contributed by atoms with Gasteiger partial charge in [0, 0.05) is 7.11 Å². The van der Waals surface area contributed by atoms with E-state index < -0.39 is 17.6 Å². The van der Waals surface area contributed by atoms with Gasteiger partial charge in [0.15, 0.2) is 6.61 Å². The fraction of sp³-hybridized carbons (Fsp3) is 0.409. The number of hydrogen-bond donors (Lipinski definition) is 1. The molecule has 5 nitrogen and oxygen atoms in total. The maximum atomic E-state index is 13.1. The van der Waals surface area contributed by atoms with Gasteiger partial charge in [-0.25, -0.2) is 0 Å². The van der Waals surface area contributed by atoms with Gasteiger partial charge < -0.3 is 19.5 Å². The van der Waals surface area contributed by atoms with Crippen LogP contribution in [0, 0.1) is 0 Å². The molecule has 0 saturated carbocycles. The molecule has 0 aliphatic heterocycles. The number of alkyl halides is 3. The summed E-state index contributed by atoms with van der Waals surface area (Å²) >= 11 is 0. The number of carbonyl (C=O) groups excluding carboxylic acids is 1. The van der Waals surface area contributed by atoms with E-state index >= 15 is 0 Å². The molecule has 0 saturated heterocycles. The highest BCUT2D eigenvalue weighted by Gasteiger charge is 2.31. The lowest BCUT2D eigenvalue weighted by atomic mass is 9.98. The SMILES string of the molecule is CCC(C)c1ccccc1OCC(=O)Nc1cc(C(F)(F)F)ccc1OCCOC. The van der Waals surface area contributed by atoms with Crippen molar-refractivity contribution in [2.75, 3.05) is 32.2 Å². The lowest BCUT2D eigenvalue weighted by Crippen LogP contribution is -2.22. The normalized spacial score (nSPS) is 12.3. The number of carbonyl (C=O) groups is 1. The Bertz CT molecular complexity index is 839. The van der Waals surface area contributed by atoms with Crippen LogP contribution in [0.15, 0.2) is 42.5 Å². The van der Waals surface area contributed by atoms with Crippen molar-refractivity contribution >= 4 is 11.6 Å². The summed E-state index contributed by atoms with van der Waals surface area (Å²) in [6.45, 7) is 4.13. The zero-order chi connectivity index (χ0) is 22.1. The molecule has 30 heavy (non-hydrogen) atoms. The monoisotopic (exact) mass is 425 g/mol. The highest BCUT2D eigenvalue weighted by molar-refractivity contribution is 5.93. The van der Waals surface area contributed by atoms with E-state index in [0.717, 1.165) is 24.1 Å². The number of nitrogens with one attached hydrogen (secondary N) is 1. The predicted octanol–water partition coefficient (Wildman–Crippen LogP) is 5.26. The number of ether oxygens (including phenoxy) is 3. The quantitative estimate of drug-likeness (QED) is 0.528. The van der Waals surface area contributed by atoms with Crippen molar-refractivity contribution in [2.24, 2.45) is 0 Å². The standard InChI is InChI=1S/C22H26F3NO4/c1-4-15(2)17-7-5-6-8-19(17)30-14-21(27)26-18-13-16(22(23,24)25)9-10-20(18)29-12-11-28-3/h5-10,13,15H,4,11-12,14H2,1-3H3,(H,26,27). The van der Waals surface area contributed by atoms with Crippen molar-refractivity contribution < 1.29 is 32.2 Å². The van der Waals surface area contributed by atoms with E-state index in [2.05, 4.69) is 12.2 Å². The zero-order valence-corrected chi connectivity index (χ0v) is 17.2. The van der Waals surface area contributed by atoms with Gasteiger partial charge in [0.05, 0.1) is 17.9 Å². The van der Waals surface area contributed by atoms with Crippen LogP contribution in [-0.2, 0) is 15.7 Å². The van der Waals surface area contributed by atoms with Crippen LogP contribution < -0.4 is 14.8 Å². The fourth-order valence-corrected chi connectivity index (χ4v) is 2.73. The first-order valence-corrected chi connectivity index (χ1v) is 9.60. The van der Waals surface area contributed by atoms with E-state index in [9.17, 15) is 18.0 Å². The molecule has 0 fully saturated rings. The molecule has 2 aromatic carbocycles. The van der Waals surface area contributed by atoms with Gasteiger partial charge in [-0.15, -0.1) is 0 Å². The largest absolute Gasteiger partial charge is 0.489 e. The highest BCUT2D eigenvalue weighted by atomic mass is 19.4. The second-order valence-corrected chi connectivity index (χ2v) is 6.73. The average molecular weight is 425 g/mol. The van der Waals surface area contributed by atoms with Gasteiger partial charge in [-0.05, 0) is 42.2 Å². The maximum Gasteiger partial charge on any atom is 0.416 e. The Balaban J connectivity index is 2.13. The molecule has 0 radical (unpaired) electrons. The van der Waals surface area contributed by atoms with Gasteiger partial charge in [-0.2, -0.15) is 13.2 Å². The van der Waals surface area contributed by atoms with Crippen LogP contribution in [0.5, 0.6) is 11.5 Å². The number of hydrogen-bond acceptors (Lipinski definition) is 4. The molecule has 0 spiro atoms. The third kappa shape index (κ3) is 6.66. The maximum absolute atomic E-state index is 13.1. The molecule has 0 aromatic heterocycles. The minimum Gasteiger partial charge on any atom is -0.489 e. The van der Waals surface area contributed by atoms with E-state index in [1.165, 1.54) is 13.2 Å². The summed E-state index contributed by atoms with van der Waals surface area (Å²) in [5, 5.41) is 2.45. The number of halogens is 3. The van der Waals surface area contributed by atoms with Crippen LogP contribution in [-0.4, -0.2) is 32.8 Å². The van der Waals surface area contributed by atoms with Crippen molar-refractivity contribution in [2.45, 2.75) is 32.4 Å². The first-order valence-electron chi connectivity index (χ1n) is 9.60. The summed E-state index contributed by atoms with van der Waals surface area (Å²) < 4.78 is 55.1. The summed E-state index contributed by atoms with van der Waals surface area (Å²) in [6, 6.07) is 10.3. The van der Waals surface area contributed by atoms with Gasteiger partial charge in [-0.3, -0.25) is 4.79 Å². The predicted molar refractivity (Wildman–Crippen MR) is 108 cm³/mol. The molecule has 8 heteroatoms. The zero-order valence-electron chi connectivity index (χ0n) is 17.2. The highest BCUT2D eigenvalue weighted by Crippen LogP contribution is 2.35. The van der Waals surface area contributed by atoms with Crippen molar-refractivity contribution in [3.63, 3.8) is 0 Å². The van der Waals surface area contributed by atoms with E-state index in [1.54, 1.807) is 12.1 Å². The molecule has 2 rings (SSSR count). The van der Waals surface area contributed by atoms with Gasteiger partial charge in [0.2, 0.25) is 0 Å². The van der Waals surface area contributed by atoms with E-state index in [4.69, 9.17) is 14.2 Å². The Hall–Kier alpha value is -2.74. The van der Waals surface area contributed by atoms with Gasteiger partial charge >= 0.3 is 6.18 Å². The third-order valence-corrected chi connectivity index (χ3v) is 4.55. The molecule has 1 atom stereocenters. The topological polar surface area (TPSA) is 56.8 Å². The first kappa shape index (κ1) is 23.5. The van der Waals surface area contributed by atoms with Crippen molar-refractivity contribution in [1.29, 1.82) is 0 Å². The molecule has 0 bridgehead atoms. The second kappa shape index (κ2) is 10.9. The van der Waals surface area contributed by atoms with E-state index in [1.807, 2.05) is 19.1 Å². The number of rotatable bonds is 10. The lowest BCUT2D eigenvalue weighted by Gasteiger charge is -2.17. The van der Waals surface area contributed by atoms with Crippen LogP contribution in [0.4, 0.5) is 18.9 Å². The van der Waals surface area contributed by atoms with Gasteiger partial charge in [-0.1, -0.05) is 32.0 Å². The molecular formula is C22H26F3NO4. The molecule has 0 aliphatic carbocycles. The Kier molecular flexibility index (Phi) is 8.53. The summed E-state index contributed by atoms with van der Waals surface area (Å²) in [7, 11) is 1.48. The summed E-state index contributed by atoms with van der Waals surface area (Å²) in [6.07, 6.45) is -3.64. The summed E-state index contributed by atoms with van der Waals surface area (Å²) in [5.41, 5.74) is 0.000113. The van der Waals surface area contributed by atoms with Crippen LogP contribution >= 0.6 is 0 Å². The molecular weight excluding hydrogens is 399 g/mol. The smallest absolute Gasteiger partial charge is 0.416 e. The Labute approximate surface area is 174 Å². The second-order valence-electron chi connectivity index (χ2n) is 6.73. The van der Waals surface area contributed by atoms with Gasteiger partial charge in [0.1, 0.15) is 18.1 Å². The summed E-state index contributed by atoms with van der Waals surface area (Å²) in [4.78, 5) is 12.4. The van der Waals surface area contributed by atoms with Crippen molar-refractivity contribution in [3.8, 4) is 11.5 Å². The Morgan fingerprint density at radius 2 is 1.80 bits per heavy atom. The molecule has 1 N–H and O–H groups in total. The van der Waals surface area contributed by atoms with E-state index in [0.29, 0.717) is 5.75 Å². The summed E-state index contributed by atoms with van der Waals surface area (Å²) in [5.74, 6) is 0.342. The van der Waals surface area contributed by atoms with Crippen LogP contribution in [0.1, 0.15) is 37.3 Å². The van der Waals surface area contributed by atoms with Crippen molar-refractivity contribution in [3.05, 3.63) is 53.6 Å². The molecule has 0 heterocycles. The van der Waals surface area contributed by atoms with Crippen LogP contribution in [0.3, 0.4) is 0 Å². The molecule has 2 aromatic rings. The minimum absolute atomic E-state index is 0.0789. The number of methoxy groups -OCH3 is 1. The third-order valence-electron chi connectivity index (χ3n) is 4.55. The molecule has 1 amide bonds. The van der Waals surface area contributed by atoms with Gasteiger partial charge in [0.25, 0.3) is 5.91 Å². The van der Waals surface area contributed by atoms with Crippen LogP contribution in [0.25, 0.3) is 0 Å². The Morgan fingerprint density at radius 3 is 2.47 bits per heavy atom. The average Bonchev–Trinajstić information content (AvgIpc) is 2.72. The molecule has 164 valence electrons. The van der Waals surface area contributed by atoms with Crippen molar-refractivity contribution in [1.82, 2.24) is 0 Å². The molecule has 0 aliphatic rings. The number of para-hydroxylation sites is 1. The Morgan fingerprint density at radius 1 is 1.07 bits per heavy atom. The first-order chi connectivity index (χ1) is 14.3. The lowest BCUT2D eigenvalue weighted by molar-refractivity contribution is -0.137. The fourth-order valence-electron chi connectivity index (χ4n) is 2.73. The van der Waals surface area contributed by atoms with Crippen LogP contribution in [0.2, 0.25) is 0 Å². The number of anilines is 1. The number of amides is 1. The minimum atomic E-state index is -4.55. The van der Waals surface area contributed by atoms with E-state index in [-0.39, 0.29) is 37.2 Å². The number of benzene rings is 2. The molecule has 1 unspecified atom stereocenters.